The predicted octanol–water partition coefficient (Wildman–Crippen LogP) is 3.74. The van der Waals surface area contributed by atoms with E-state index in [0.29, 0.717) is 12.1 Å². The summed E-state index contributed by atoms with van der Waals surface area (Å²) < 4.78 is 2.07. The Hall–Kier alpha value is -0.900. The number of hydrogen-bond donors (Lipinski definition) is 1. The van der Waals surface area contributed by atoms with Crippen LogP contribution in [0.3, 0.4) is 0 Å². The van der Waals surface area contributed by atoms with Gasteiger partial charge in [0.05, 0.1) is 0 Å². The van der Waals surface area contributed by atoms with Crippen LogP contribution in [0, 0.1) is 5.92 Å². The van der Waals surface area contributed by atoms with Crippen molar-refractivity contribution in [3.8, 4) is 0 Å². The minimum Gasteiger partial charge on any atom is -0.314 e. The monoisotopic (exact) mass is 292 g/mol. The third kappa shape index (κ3) is 5.10. The van der Waals surface area contributed by atoms with Gasteiger partial charge in [-0.1, -0.05) is 39.0 Å². The van der Waals surface area contributed by atoms with Gasteiger partial charge in [-0.25, -0.2) is 9.67 Å². The minimum absolute atomic E-state index is 0.393. The Morgan fingerprint density at radius 1 is 1.29 bits per heavy atom. The summed E-state index contributed by atoms with van der Waals surface area (Å²) in [5.74, 6) is 2.04. The summed E-state index contributed by atoms with van der Waals surface area (Å²) in [5, 5.41) is 8.11. The highest BCUT2D eigenvalue weighted by Gasteiger charge is 2.21. The fourth-order valence-electron chi connectivity index (χ4n) is 3.48. The van der Waals surface area contributed by atoms with Gasteiger partial charge < -0.3 is 5.32 Å². The van der Waals surface area contributed by atoms with E-state index in [1.165, 1.54) is 44.9 Å². The highest BCUT2D eigenvalue weighted by atomic mass is 15.3. The molecule has 0 spiro atoms. The summed E-state index contributed by atoms with van der Waals surface area (Å²) in [6.45, 7) is 7.69. The van der Waals surface area contributed by atoms with Gasteiger partial charge >= 0.3 is 0 Å². The molecule has 2 rings (SSSR count). The summed E-state index contributed by atoms with van der Waals surface area (Å²) in [5.41, 5.74) is 0. The molecule has 1 heterocycles. The molecule has 21 heavy (non-hydrogen) atoms. The molecule has 0 saturated heterocycles. The fraction of sp³-hybridized carbons (Fsp3) is 0.882. The van der Waals surface area contributed by atoms with Gasteiger partial charge in [0.2, 0.25) is 0 Å². The highest BCUT2D eigenvalue weighted by Crippen LogP contribution is 2.28. The first-order valence-electron chi connectivity index (χ1n) is 8.82. The van der Waals surface area contributed by atoms with Crippen LogP contribution in [0.4, 0.5) is 0 Å². The number of hydrogen-bond acceptors (Lipinski definition) is 3. The fourth-order valence-corrected chi connectivity index (χ4v) is 3.48. The average Bonchev–Trinajstić information content (AvgIpc) is 2.94. The van der Waals surface area contributed by atoms with Crippen molar-refractivity contribution in [3.05, 3.63) is 12.2 Å². The van der Waals surface area contributed by atoms with Gasteiger partial charge in [-0.3, -0.25) is 0 Å². The molecule has 4 heteroatoms. The van der Waals surface area contributed by atoms with E-state index >= 15 is 0 Å². The van der Waals surface area contributed by atoms with E-state index in [2.05, 4.69) is 40.9 Å². The quantitative estimate of drug-likeness (QED) is 0.793. The largest absolute Gasteiger partial charge is 0.314 e. The molecule has 1 aliphatic rings. The molecular formula is C17H32N4. The van der Waals surface area contributed by atoms with E-state index in [9.17, 15) is 0 Å². The zero-order valence-corrected chi connectivity index (χ0v) is 14.0. The molecule has 120 valence electrons. The first-order valence-corrected chi connectivity index (χ1v) is 8.82. The first-order chi connectivity index (χ1) is 10.2. The second-order valence-electron chi connectivity index (χ2n) is 6.81. The second kappa shape index (κ2) is 8.52. The van der Waals surface area contributed by atoms with Crippen molar-refractivity contribution in [2.75, 3.05) is 6.54 Å². The molecule has 0 bridgehead atoms. The summed E-state index contributed by atoms with van der Waals surface area (Å²) in [6, 6.07) is 0.943. The van der Waals surface area contributed by atoms with Crippen molar-refractivity contribution in [1.82, 2.24) is 20.1 Å². The van der Waals surface area contributed by atoms with E-state index in [1.807, 2.05) is 0 Å². The highest BCUT2D eigenvalue weighted by molar-refractivity contribution is 4.92. The standard InChI is InChI=1S/C17H32N4/c1-4-10-18-16(11-15-8-6-5-7-9-15)12-17-19-13-20-21(17)14(2)3/h13-16,18H,4-12H2,1-3H3. The maximum Gasteiger partial charge on any atom is 0.138 e. The molecule has 1 unspecified atom stereocenters. The van der Waals surface area contributed by atoms with E-state index in [1.54, 1.807) is 6.33 Å². The van der Waals surface area contributed by atoms with Crippen LogP contribution in [0.15, 0.2) is 6.33 Å². The lowest BCUT2D eigenvalue weighted by Gasteiger charge is -2.27. The maximum absolute atomic E-state index is 4.49. The SMILES string of the molecule is CCCNC(Cc1ncnn1C(C)C)CC1CCCCC1. The van der Waals surface area contributed by atoms with E-state index in [4.69, 9.17) is 0 Å². The average molecular weight is 292 g/mol. The summed E-state index contributed by atoms with van der Waals surface area (Å²) in [4.78, 5) is 4.49. The Bertz CT molecular complexity index is 393. The van der Waals surface area contributed by atoms with Crippen LogP contribution in [-0.2, 0) is 6.42 Å². The molecule has 1 aliphatic carbocycles. The Morgan fingerprint density at radius 2 is 2.05 bits per heavy atom. The molecule has 1 N–H and O–H groups in total. The van der Waals surface area contributed by atoms with Crippen molar-refractivity contribution in [1.29, 1.82) is 0 Å². The normalized spacial score (nSPS) is 18.3. The molecule has 4 nitrogen and oxygen atoms in total. The molecule has 1 saturated carbocycles. The maximum atomic E-state index is 4.49. The summed E-state index contributed by atoms with van der Waals surface area (Å²) in [7, 11) is 0. The Balaban J connectivity index is 1.95. The summed E-state index contributed by atoms with van der Waals surface area (Å²) in [6.07, 6.45) is 12.3. The van der Waals surface area contributed by atoms with Gasteiger partial charge in [0.25, 0.3) is 0 Å². The van der Waals surface area contributed by atoms with Gasteiger partial charge in [-0.2, -0.15) is 5.10 Å². The number of rotatable bonds is 8. The number of nitrogens with zero attached hydrogens (tertiary/aromatic N) is 3. The number of nitrogens with one attached hydrogen (secondary N) is 1. The third-order valence-corrected chi connectivity index (χ3v) is 4.59. The molecule has 1 aromatic heterocycles. The van der Waals surface area contributed by atoms with Crippen LogP contribution in [0.5, 0.6) is 0 Å². The van der Waals surface area contributed by atoms with E-state index in [-0.39, 0.29) is 0 Å². The van der Waals surface area contributed by atoms with Crippen LogP contribution in [-0.4, -0.2) is 27.4 Å². The van der Waals surface area contributed by atoms with Gasteiger partial charge in [0.15, 0.2) is 0 Å². The van der Waals surface area contributed by atoms with Crippen molar-refractivity contribution in [2.24, 2.45) is 5.92 Å². The van der Waals surface area contributed by atoms with Crippen molar-refractivity contribution < 1.29 is 0 Å². The zero-order chi connectivity index (χ0) is 15.1. The molecule has 1 atom stereocenters. The van der Waals surface area contributed by atoms with Crippen molar-refractivity contribution >= 4 is 0 Å². The van der Waals surface area contributed by atoms with Gasteiger partial charge in [0.1, 0.15) is 12.2 Å². The molecular weight excluding hydrogens is 260 g/mol. The van der Waals surface area contributed by atoms with Gasteiger partial charge in [0, 0.05) is 18.5 Å². The van der Waals surface area contributed by atoms with E-state index < -0.39 is 0 Å². The molecule has 0 aromatic carbocycles. The Morgan fingerprint density at radius 3 is 2.71 bits per heavy atom. The van der Waals surface area contributed by atoms with Crippen LogP contribution in [0.2, 0.25) is 0 Å². The van der Waals surface area contributed by atoms with Crippen molar-refractivity contribution in [3.63, 3.8) is 0 Å². The molecule has 0 aliphatic heterocycles. The smallest absolute Gasteiger partial charge is 0.138 e. The lowest BCUT2D eigenvalue weighted by molar-refractivity contribution is 0.293. The second-order valence-corrected chi connectivity index (χ2v) is 6.81. The van der Waals surface area contributed by atoms with Crippen LogP contribution in [0.1, 0.15) is 77.6 Å². The lowest BCUT2D eigenvalue weighted by atomic mass is 9.84. The van der Waals surface area contributed by atoms with E-state index in [0.717, 1.165) is 24.7 Å². The Labute approximate surface area is 129 Å². The third-order valence-electron chi connectivity index (χ3n) is 4.59. The number of aromatic nitrogens is 3. The van der Waals surface area contributed by atoms with Crippen LogP contribution < -0.4 is 5.32 Å². The van der Waals surface area contributed by atoms with Gasteiger partial charge in [-0.05, 0) is 39.2 Å². The minimum atomic E-state index is 0.393. The zero-order valence-electron chi connectivity index (χ0n) is 14.0. The van der Waals surface area contributed by atoms with Gasteiger partial charge in [-0.15, -0.1) is 0 Å². The van der Waals surface area contributed by atoms with Crippen LogP contribution >= 0.6 is 0 Å². The molecule has 1 fully saturated rings. The lowest BCUT2D eigenvalue weighted by Crippen LogP contribution is -2.35. The topological polar surface area (TPSA) is 42.7 Å². The molecule has 0 radical (unpaired) electrons. The molecule has 0 amide bonds. The van der Waals surface area contributed by atoms with Crippen molar-refractivity contribution in [2.45, 2.75) is 84.2 Å². The first kappa shape index (κ1) is 16.5. The molecule has 1 aromatic rings. The Kier molecular flexibility index (Phi) is 6.68. The predicted molar refractivity (Wildman–Crippen MR) is 87.4 cm³/mol. The summed E-state index contributed by atoms with van der Waals surface area (Å²) >= 11 is 0. The van der Waals surface area contributed by atoms with Crippen LogP contribution in [0.25, 0.3) is 0 Å².